The van der Waals surface area contributed by atoms with Gasteiger partial charge in [0.2, 0.25) is 0 Å². The van der Waals surface area contributed by atoms with E-state index in [9.17, 15) is 8.78 Å². The third kappa shape index (κ3) is 5.69. The lowest BCUT2D eigenvalue weighted by Gasteiger charge is -2.37. The van der Waals surface area contributed by atoms with Crippen LogP contribution in [0.1, 0.15) is 71.1 Å². The summed E-state index contributed by atoms with van der Waals surface area (Å²) in [6, 6.07) is 0. The lowest BCUT2D eigenvalue weighted by molar-refractivity contribution is -0.0420. The summed E-state index contributed by atoms with van der Waals surface area (Å²) >= 11 is 0. The lowest BCUT2D eigenvalue weighted by atomic mass is 9.73. The maximum atomic E-state index is 12.3. The number of ether oxygens (including phenoxy) is 1. The van der Waals surface area contributed by atoms with E-state index in [2.05, 4.69) is 6.92 Å². The predicted molar refractivity (Wildman–Crippen MR) is 82.4 cm³/mol. The van der Waals surface area contributed by atoms with Crippen molar-refractivity contribution in [1.82, 2.24) is 0 Å². The summed E-state index contributed by atoms with van der Waals surface area (Å²) in [6.07, 6.45) is 11.8. The average molecular weight is 300 g/mol. The van der Waals surface area contributed by atoms with E-state index in [4.69, 9.17) is 4.74 Å². The summed E-state index contributed by atoms with van der Waals surface area (Å²) < 4.78 is 30.6. The molecule has 1 saturated carbocycles. The molecule has 0 spiro atoms. The van der Waals surface area contributed by atoms with E-state index in [0.29, 0.717) is 17.9 Å². The molecule has 1 aliphatic heterocycles. The summed E-state index contributed by atoms with van der Waals surface area (Å²) in [5, 5.41) is 0. The Morgan fingerprint density at radius 1 is 1.00 bits per heavy atom. The van der Waals surface area contributed by atoms with Crippen molar-refractivity contribution in [3.05, 3.63) is 12.2 Å². The van der Waals surface area contributed by atoms with Crippen LogP contribution in [0.15, 0.2) is 12.2 Å². The highest BCUT2D eigenvalue weighted by Crippen LogP contribution is 2.38. The molecule has 2 unspecified atom stereocenters. The molecule has 0 amide bonds. The second-order valence-electron chi connectivity index (χ2n) is 6.92. The molecular weight excluding hydrogens is 270 g/mol. The highest BCUT2D eigenvalue weighted by molar-refractivity contribution is 4.92. The number of allylic oxidation sites excluding steroid dienone is 1. The molecule has 0 aromatic carbocycles. The summed E-state index contributed by atoms with van der Waals surface area (Å²) in [5.74, 6) is 1.49. The first-order chi connectivity index (χ1) is 10.2. The first-order valence-corrected chi connectivity index (χ1v) is 8.83. The molecule has 1 nitrogen and oxygen atoms in total. The number of hydrogen-bond donors (Lipinski definition) is 0. The van der Waals surface area contributed by atoms with E-state index < -0.39 is 6.08 Å². The van der Waals surface area contributed by atoms with Crippen molar-refractivity contribution in [3.8, 4) is 0 Å². The molecule has 2 aliphatic rings. The molecule has 1 saturated heterocycles. The standard InChI is InChI=1S/C18H30F2O/c1-2-3-4-5-17-11-10-16(13-21-17)15-8-6-14(7-9-15)12-18(19)20/h12,14-17H,2-11,13H2,1H3. The zero-order valence-corrected chi connectivity index (χ0v) is 13.3. The molecule has 3 heteroatoms. The van der Waals surface area contributed by atoms with Gasteiger partial charge in [0, 0.05) is 0 Å². The summed E-state index contributed by atoms with van der Waals surface area (Å²) in [4.78, 5) is 0. The smallest absolute Gasteiger partial charge is 0.266 e. The van der Waals surface area contributed by atoms with Gasteiger partial charge in [-0.3, -0.25) is 0 Å². The monoisotopic (exact) mass is 300 g/mol. The summed E-state index contributed by atoms with van der Waals surface area (Å²) in [6.45, 7) is 3.14. The van der Waals surface area contributed by atoms with Crippen molar-refractivity contribution in [1.29, 1.82) is 0 Å². The Bertz CT molecular complexity index is 309. The van der Waals surface area contributed by atoms with E-state index in [-0.39, 0.29) is 5.92 Å². The average Bonchev–Trinajstić information content (AvgIpc) is 2.49. The van der Waals surface area contributed by atoms with Crippen LogP contribution in [-0.2, 0) is 4.74 Å². The minimum atomic E-state index is -1.51. The Morgan fingerprint density at radius 2 is 1.71 bits per heavy atom. The Hall–Kier alpha value is -0.440. The van der Waals surface area contributed by atoms with Gasteiger partial charge in [0.05, 0.1) is 12.7 Å². The second kappa shape index (κ2) is 8.87. The fourth-order valence-electron chi connectivity index (χ4n) is 4.01. The van der Waals surface area contributed by atoms with Crippen molar-refractivity contribution in [3.63, 3.8) is 0 Å². The maximum Gasteiger partial charge on any atom is 0.266 e. The first kappa shape index (κ1) is 16.9. The van der Waals surface area contributed by atoms with Crippen LogP contribution in [0, 0.1) is 17.8 Å². The molecule has 0 bridgehead atoms. The van der Waals surface area contributed by atoms with Gasteiger partial charge < -0.3 is 4.74 Å². The Labute approximate surface area is 128 Å². The third-order valence-corrected chi connectivity index (χ3v) is 5.38. The van der Waals surface area contributed by atoms with E-state index in [0.717, 1.165) is 38.4 Å². The van der Waals surface area contributed by atoms with Gasteiger partial charge in [-0.15, -0.1) is 0 Å². The molecule has 0 aromatic heterocycles. The Balaban J connectivity index is 1.66. The highest BCUT2D eigenvalue weighted by atomic mass is 19.3. The molecule has 21 heavy (non-hydrogen) atoms. The molecule has 0 radical (unpaired) electrons. The maximum absolute atomic E-state index is 12.3. The summed E-state index contributed by atoms with van der Waals surface area (Å²) in [5.41, 5.74) is 0. The molecule has 0 aromatic rings. The van der Waals surface area contributed by atoms with E-state index in [1.165, 1.54) is 38.5 Å². The van der Waals surface area contributed by atoms with Crippen LogP contribution < -0.4 is 0 Å². The van der Waals surface area contributed by atoms with Gasteiger partial charge in [-0.05, 0) is 68.8 Å². The molecule has 0 N–H and O–H groups in total. The van der Waals surface area contributed by atoms with Gasteiger partial charge in [-0.1, -0.05) is 26.2 Å². The summed E-state index contributed by atoms with van der Waals surface area (Å²) in [7, 11) is 0. The van der Waals surface area contributed by atoms with Crippen LogP contribution in [-0.4, -0.2) is 12.7 Å². The van der Waals surface area contributed by atoms with Crippen molar-refractivity contribution in [2.75, 3.05) is 6.61 Å². The molecule has 2 fully saturated rings. The molecular formula is C18H30F2O. The van der Waals surface area contributed by atoms with Crippen LogP contribution >= 0.6 is 0 Å². The normalized spacial score (nSPS) is 33.7. The van der Waals surface area contributed by atoms with Gasteiger partial charge in [0.15, 0.2) is 0 Å². The second-order valence-corrected chi connectivity index (χ2v) is 6.92. The van der Waals surface area contributed by atoms with Crippen LogP contribution in [0.2, 0.25) is 0 Å². The van der Waals surface area contributed by atoms with E-state index in [1.54, 1.807) is 0 Å². The van der Waals surface area contributed by atoms with Crippen LogP contribution in [0.3, 0.4) is 0 Å². The molecule has 2 atom stereocenters. The van der Waals surface area contributed by atoms with Crippen molar-refractivity contribution < 1.29 is 13.5 Å². The zero-order valence-electron chi connectivity index (χ0n) is 13.3. The lowest BCUT2D eigenvalue weighted by Crippen LogP contribution is -2.32. The SMILES string of the molecule is CCCCCC1CCC(C2CCC(C=C(F)F)CC2)CO1. The molecule has 2 rings (SSSR count). The van der Waals surface area contributed by atoms with Crippen molar-refractivity contribution >= 4 is 0 Å². The van der Waals surface area contributed by atoms with Crippen LogP contribution in [0.4, 0.5) is 8.78 Å². The number of halogens is 2. The molecule has 1 heterocycles. The van der Waals surface area contributed by atoms with Gasteiger partial charge in [-0.2, -0.15) is 8.78 Å². The number of rotatable bonds is 6. The topological polar surface area (TPSA) is 9.23 Å². The fourth-order valence-corrected chi connectivity index (χ4v) is 4.01. The minimum Gasteiger partial charge on any atom is -0.378 e. The van der Waals surface area contributed by atoms with Gasteiger partial charge in [0.1, 0.15) is 0 Å². The quantitative estimate of drug-likeness (QED) is 0.551. The van der Waals surface area contributed by atoms with Crippen LogP contribution in [0.25, 0.3) is 0 Å². The first-order valence-electron chi connectivity index (χ1n) is 8.83. The number of unbranched alkanes of at least 4 members (excludes halogenated alkanes) is 2. The van der Waals surface area contributed by atoms with E-state index in [1.807, 2.05) is 0 Å². The van der Waals surface area contributed by atoms with E-state index >= 15 is 0 Å². The zero-order chi connectivity index (χ0) is 15.1. The van der Waals surface area contributed by atoms with Gasteiger partial charge in [-0.25, -0.2) is 0 Å². The van der Waals surface area contributed by atoms with Crippen molar-refractivity contribution in [2.24, 2.45) is 17.8 Å². The van der Waals surface area contributed by atoms with Crippen molar-refractivity contribution in [2.45, 2.75) is 77.2 Å². The Morgan fingerprint density at radius 3 is 2.29 bits per heavy atom. The molecule has 122 valence electrons. The Kier molecular flexibility index (Phi) is 7.15. The highest BCUT2D eigenvalue weighted by Gasteiger charge is 2.30. The predicted octanol–water partition coefficient (Wildman–Crippen LogP) is 5.95. The number of hydrogen-bond acceptors (Lipinski definition) is 1. The third-order valence-electron chi connectivity index (χ3n) is 5.38. The fraction of sp³-hybridized carbons (Fsp3) is 0.889. The van der Waals surface area contributed by atoms with Gasteiger partial charge >= 0.3 is 0 Å². The minimum absolute atomic E-state index is 0.109. The van der Waals surface area contributed by atoms with Crippen LogP contribution in [0.5, 0.6) is 0 Å². The largest absolute Gasteiger partial charge is 0.378 e. The molecule has 1 aliphatic carbocycles. The van der Waals surface area contributed by atoms with Gasteiger partial charge in [0.25, 0.3) is 6.08 Å².